The van der Waals surface area contributed by atoms with Crippen molar-refractivity contribution < 1.29 is 14.7 Å². The minimum Gasteiger partial charge on any atom is -0.480 e. The van der Waals surface area contributed by atoms with Crippen LogP contribution in [0.15, 0.2) is 29.3 Å². The Morgan fingerprint density at radius 3 is 2.94 bits per heavy atom. The van der Waals surface area contributed by atoms with Gasteiger partial charge in [-0.05, 0) is 6.07 Å². The van der Waals surface area contributed by atoms with E-state index in [0.29, 0.717) is 17.5 Å². The smallest absolute Gasteiger partial charge is 0.317 e. The van der Waals surface area contributed by atoms with Crippen molar-refractivity contribution in [3.63, 3.8) is 0 Å². The molecule has 0 fully saturated rings. The topological polar surface area (TPSA) is 78.8 Å². The number of carbonyl (C=O) groups is 2. The molecule has 5 heteroatoms. The summed E-state index contributed by atoms with van der Waals surface area (Å²) in [7, 11) is 0. The van der Waals surface area contributed by atoms with Crippen LogP contribution in [0.3, 0.4) is 0 Å². The first-order valence-corrected chi connectivity index (χ1v) is 4.76. The molecule has 2 N–H and O–H groups in total. The first-order chi connectivity index (χ1) is 7.68. The second-order valence-electron chi connectivity index (χ2n) is 3.51. The van der Waals surface area contributed by atoms with E-state index in [0.717, 1.165) is 0 Å². The van der Waals surface area contributed by atoms with Gasteiger partial charge in [-0.25, -0.2) is 0 Å². The quantitative estimate of drug-likeness (QED) is 0.720. The highest BCUT2D eigenvalue weighted by atomic mass is 16.4. The first kappa shape index (κ1) is 10.5. The SMILES string of the molecule is O=CC1(NCC(=O)O)C=Nc2ccccc21. The maximum atomic E-state index is 11.2. The van der Waals surface area contributed by atoms with E-state index in [9.17, 15) is 9.59 Å². The van der Waals surface area contributed by atoms with Crippen LogP contribution >= 0.6 is 0 Å². The van der Waals surface area contributed by atoms with Crippen molar-refractivity contribution in [1.29, 1.82) is 0 Å². The Morgan fingerprint density at radius 1 is 1.50 bits per heavy atom. The Labute approximate surface area is 91.8 Å². The second-order valence-corrected chi connectivity index (χ2v) is 3.51. The summed E-state index contributed by atoms with van der Waals surface area (Å²) >= 11 is 0. The molecule has 16 heavy (non-hydrogen) atoms. The van der Waals surface area contributed by atoms with Crippen LogP contribution in [0.2, 0.25) is 0 Å². The van der Waals surface area contributed by atoms with Gasteiger partial charge in [0.05, 0.1) is 12.2 Å². The summed E-state index contributed by atoms with van der Waals surface area (Å²) in [6.45, 7) is -0.293. The van der Waals surface area contributed by atoms with Crippen molar-refractivity contribution in [3.8, 4) is 0 Å². The normalized spacial score (nSPS) is 21.8. The average molecular weight is 218 g/mol. The number of carboxylic acid groups (broad SMARTS) is 1. The van der Waals surface area contributed by atoms with Crippen LogP contribution in [-0.2, 0) is 15.1 Å². The number of fused-ring (bicyclic) bond motifs is 1. The molecule has 1 aliphatic heterocycles. The molecule has 5 nitrogen and oxygen atoms in total. The molecular weight excluding hydrogens is 208 g/mol. The van der Waals surface area contributed by atoms with Gasteiger partial charge in [0.15, 0.2) is 0 Å². The number of hydrogen-bond acceptors (Lipinski definition) is 4. The van der Waals surface area contributed by atoms with Gasteiger partial charge in [0, 0.05) is 11.8 Å². The maximum absolute atomic E-state index is 11.2. The predicted molar refractivity (Wildman–Crippen MR) is 58.0 cm³/mol. The fraction of sp³-hybridized carbons (Fsp3) is 0.182. The Balaban J connectivity index is 2.34. The zero-order valence-corrected chi connectivity index (χ0v) is 8.38. The first-order valence-electron chi connectivity index (χ1n) is 4.76. The third kappa shape index (κ3) is 1.61. The molecule has 0 amide bonds. The van der Waals surface area contributed by atoms with Gasteiger partial charge in [-0.1, -0.05) is 18.2 Å². The summed E-state index contributed by atoms with van der Waals surface area (Å²) in [6.07, 6.45) is 2.11. The lowest BCUT2D eigenvalue weighted by atomic mass is 9.94. The summed E-state index contributed by atoms with van der Waals surface area (Å²) in [5, 5.41) is 11.3. The number of para-hydroxylation sites is 1. The Bertz CT molecular complexity index is 470. The lowest BCUT2D eigenvalue weighted by Gasteiger charge is -2.21. The number of aldehydes is 1. The van der Waals surface area contributed by atoms with Gasteiger partial charge in [-0.2, -0.15) is 0 Å². The largest absolute Gasteiger partial charge is 0.480 e. The lowest BCUT2D eigenvalue weighted by molar-refractivity contribution is -0.136. The van der Waals surface area contributed by atoms with Crippen LogP contribution in [0, 0.1) is 0 Å². The summed E-state index contributed by atoms with van der Waals surface area (Å²) in [5.41, 5.74) is 0.272. The van der Waals surface area contributed by atoms with Crippen molar-refractivity contribution in [2.24, 2.45) is 4.99 Å². The van der Waals surface area contributed by atoms with Crippen molar-refractivity contribution in [1.82, 2.24) is 5.32 Å². The van der Waals surface area contributed by atoms with Gasteiger partial charge in [0.1, 0.15) is 11.8 Å². The number of carboxylic acids is 1. The molecule has 0 saturated heterocycles. The zero-order chi connectivity index (χ0) is 11.6. The Hall–Kier alpha value is -2.01. The second kappa shape index (κ2) is 3.86. The Kier molecular flexibility index (Phi) is 2.54. The zero-order valence-electron chi connectivity index (χ0n) is 8.38. The highest BCUT2D eigenvalue weighted by Crippen LogP contribution is 2.33. The molecule has 0 saturated carbocycles. The molecule has 1 aromatic rings. The highest BCUT2D eigenvalue weighted by Gasteiger charge is 2.36. The van der Waals surface area contributed by atoms with Gasteiger partial charge < -0.3 is 9.90 Å². The van der Waals surface area contributed by atoms with Gasteiger partial charge in [-0.15, -0.1) is 0 Å². The number of nitrogens with zero attached hydrogens (tertiary/aromatic N) is 1. The van der Waals surface area contributed by atoms with E-state index in [1.54, 1.807) is 18.2 Å². The molecule has 1 aromatic carbocycles. The average Bonchev–Trinajstić information content (AvgIpc) is 2.66. The minimum absolute atomic E-state index is 0.293. The molecule has 1 atom stereocenters. The third-order valence-corrected chi connectivity index (χ3v) is 2.48. The van der Waals surface area contributed by atoms with E-state index in [-0.39, 0.29) is 6.54 Å². The number of carbonyl (C=O) groups excluding carboxylic acids is 1. The lowest BCUT2D eigenvalue weighted by Crippen LogP contribution is -2.46. The maximum Gasteiger partial charge on any atom is 0.317 e. The molecule has 2 rings (SSSR count). The monoisotopic (exact) mass is 218 g/mol. The van der Waals surface area contributed by atoms with Gasteiger partial charge >= 0.3 is 5.97 Å². The summed E-state index contributed by atoms with van der Waals surface area (Å²) in [6, 6.07) is 7.13. The molecule has 82 valence electrons. The van der Waals surface area contributed by atoms with Crippen LogP contribution in [0.4, 0.5) is 5.69 Å². The fourth-order valence-corrected chi connectivity index (χ4v) is 1.68. The molecule has 0 spiro atoms. The molecular formula is C11H10N2O3. The van der Waals surface area contributed by atoms with Crippen molar-refractivity contribution in [2.45, 2.75) is 5.54 Å². The van der Waals surface area contributed by atoms with E-state index < -0.39 is 11.5 Å². The van der Waals surface area contributed by atoms with Gasteiger partial charge in [0.2, 0.25) is 0 Å². The Morgan fingerprint density at radius 2 is 2.25 bits per heavy atom. The van der Waals surface area contributed by atoms with Crippen LogP contribution in [0.5, 0.6) is 0 Å². The van der Waals surface area contributed by atoms with E-state index in [1.807, 2.05) is 6.07 Å². The summed E-state index contributed by atoms with van der Waals surface area (Å²) in [5.74, 6) is -1.01. The fourth-order valence-electron chi connectivity index (χ4n) is 1.68. The molecule has 1 aliphatic rings. The minimum atomic E-state index is -1.10. The summed E-state index contributed by atoms with van der Waals surface area (Å²) in [4.78, 5) is 25.8. The third-order valence-electron chi connectivity index (χ3n) is 2.48. The van der Waals surface area contributed by atoms with E-state index >= 15 is 0 Å². The van der Waals surface area contributed by atoms with E-state index in [4.69, 9.17) is 5.11 Å². The number of benzene rings is 1. The van der Waals surface area contributed by atoms with Crippen molar-refractivity contribution in [3.05, 3.63) is 29.8 Å². The van der Waals surface area contributed by atoms with Crippen LogP contribution in [0.1, 0.15) is 5.56 Å². The highest BCUT2D eigenvalue weighted by molar-refractivity contribution is 6.00. The standard InChI is InChI=1S/C11H10N2O3/c14-7-11(13-5-10(15)16)6-12-9-4-2-1-3-8(9)11/h1-4,6-7,13H,5H2,(H,15,16). The number of hydrogen-bond donors (Lipinski definition) is 2. The molecule has 0 aliphatic carbocycles. The molecule has 0 bridgehead atoms. The number of aliphatic imine (C=N–C) groups is 1. The predicted octanol–water partition coefficient (Wildman–Crippen LogP) is 0.471. The number of nitrogens with one attached hydrogen (secondary N) is 1. The molecule has 1 heterocycles. The van der Waals surface area contributed by atoms with Crippen molar-refractivity contribution >= 4 is 24.2 Å². The van der Waals surface area contributed by atoms with E-state index in [2.05, 4.69) is 10.3 Å². The number of aliphatic carboxylic acids is 1. The number of rotatable bonds is 4. The van der Waals surface area contributed by atoms with Crippen LogP contribution in [0.25, 0.3) is 0 Å². The van der Waals surface area contributed by atoms with Crippen molar-refractivity contribution in [2.75, 3.05) is 6.54 Å². The van der Waals surface area contributed by atoms with E-state index in [1.165, 1.54) is 6.21 Å². The van der Waals surface area contributed by atoms with Crippen LogP contribution < -0.4 is 5.32 Å². The van der Waals surface area contributed by atoms with Crippen LogP contribution in [-0.4, -0.2) is 30.1 Å². The van der Waals surface area contributed by atoms with Gasteiger partial charge in [-0.3, -0.25) is 15.1 Å². The molecule has 1 unspecified atom stereocenters. The molecule has 0 radical (unpaired) electrons. The van der Waals surface area contributed by atoms with Gasteiger partial charge in [0.25, 0.3) is 0 Å². The summed E-state index contributed by atoms with van der Waals surface area (Å²) < 4.78 is 0. The molecule has 0 aromatic heterocycles.